The van der Waals surface area contributed by atoms with Crippen LogP contribution in [0.4, 0.5) is 11.4 Å². The summed E-state index contributed by atoms with van der Waals surface area (Å²) in [7, 11) is 0. The number of benzene rings is 4. The topological polar surface area (TPSA) is 139 Å². The summed E-state index contributed by atoms with van der Waals surface area (Å²) in [6, 6.07) is 23.9. The van der Waals surface area contributed by atoms with Gasteiger partial charge in [0.1, 0.15) is 23.7 Å². The number of nitrogens with one attached hydrogen (secondary N) is 2. The molecular weight excluding hydrogens is 1140 g/mol. The molecule has 0 saturated carbocycles. The first kappa shape index (κ1) is 63.5. The number of rotatable bonds is 21. The molecule has 14 heteroatoms. The van der Waals surface area contributed by atoms with Crippen molar-refractivity contribution in [1.29, 1.82) is 0 Å². The Morgan fingerprint density at radius 1 is 0.732 bits per heavy atom. The summed E-state index contributed by atoms with van der Waals surface area (Å²) in [6.07, 6.45) is 8.54. The monoisotopic (exact) mass is 1220 g/mol. The normalized spacial score (nSPS) is 13.3. The summed E-state index contributed by atoms with van der Waals surface area (Å²) in [5.41, 5.74) is 8.58. The minimum absolute atomic E-state index is 0. The third kappa shape index (κ3) is 19.0. The van der Waals surface area contributed by atoms with Gasteiger partial charge in [0.2, 0.25) is 11.8 Å². The number of aryl methyl sites for hydroxylation is 5. The van der Waals surface area contributed by atoms with Crippen molar-refractivity contribution in [3.05, 3.63) is 119 Å². The lowest BCUT2D eigenvalue weighted by Crippen LogP contribution is -2.47. The third-order valence-corrected chi connectivity index (χ3v) is 14.5. The van der Waals surface area contributed by atoms with Crippen LogP contribution in [0, 0.1) is 34.8 Å². The number of hydrogen-bond acceptors (Lipinski definition) is 8. The van der Waals surface area contributed by atoms with Gasteiger partial charge >= 0.3 is 0 Å². The van der Waals surface area contributed by atoms with E-state index in [0.29, 0.717) is 24.3 Å². The Morgan fingerprint density at radius 3 is 1.83 bits per heavy atom. The molecular formula is C57H82ClI2N5O6. The van der Waals surface area contributed by atoms with Gasteiger partial charge in [-0.1, -0.05) is 115 Å². The highest BCUT2D eigenvalue weighted by molar-refractivity contribution is 14.1. The van der Waals surface area contributed by atoms with Gasteiger partial charge in [-0.3, -0.25) is 24.2 Å². The van der Waals surface area contributed by atoms with Gasteiger partial charge in [0, 0.05) is 35.3 Å². The fraction of sp³-hybridized carbons (Fsp3) is 0.491. The number of para-hydroxylation sites is 3. The van der Waals surface area contributed by atoms with Crippen molar-refractivity contribution in [2.24, 2.45) is 0 Å². The number of ketones is 1. The van der Waals surface area contributed by atoms with E-state index in [9.17, 15) is 14.4 Å². The summed E-state index contributed by atoms with van der Waals surface area (Å²) in [5, 5.41) is 7.06. The second kappa shape index (κ2) is 33.3. The zero-order valence-corrected chi connectivity index (χ0v) is 49.2. The van der Waals surface area contributed by atoms with Gasteiger partial charge in [-0.05, 0) is 178 Å². The van der Waals surface area contributed by atoms with Crippen LogP contribution in [0.2, 0.25) is 0 Å². The number of halogens is 3. The van der Waals surface area contributed by atoms with Crippen molar-refractivity contribution in [3.63, 3.8) is 0 Å². The zero-order valence-electron chi connectivity index (χ0n) is 44.1. The van der Waals surface area contributed by atoms with Crippen molar-refractivity contribution in [1.82, 2.24) is 14.7 Å². The molecule has 1 aliphatic rings. The second-order valence-corrected chi connectivity index (χ2v) is 20.2. The van der Waals surface area contributed by atoms with Crippen molar-refractivity contribution in [2.45, 2.75) is 127 Å². The molecule has 1 saturated heterocycles. The zero-order chi connectivity index (χ0) is 50.5. The second-order valence-electron chi connectivity index (χ2n) is 17.9. The SMILES string of the molecule is CCCCN1CCCCC1C(=O)Nc1c(C)cccc1C.CCCCc1oc2ccccc2c1C(=O)c1cc(I)c(OCCN(CC)CC)c(I)c1.CCN(CC)CC(=O)Nc1c(C)cccc1C.Cl.O. The molecule has 2 amide bonds. The summed E-state index contributed by atoms with van der Waals surface area (Å²) in [5.74, 6) is 1.89. The van der Waals surface area contributed by atoms with Crippen LogP contribution in [-0.4, -0.2) is 103 Å². The van der Waals surface area contributed by atoms with E-state index in [0.717, 1.165) is 141 Å². The summed E-state index contributed by atoms with van der Waals surface area (Å²) in [6.45, 7) is 28.8. The smallest absolute Gasteiger partial charge is 0.241 e. The fourth-order valence-electron chi connectivity index (χ4n) is 8.62. The van der Waals surface area contributed by atoms with E-state index < -0.39 is 0 Å². The number of likely N-dealkylation sites (N-methyl/N-ethyl adjacent to an activating group) is 2. The molecule has 6 rings (SSSR count). The Labute approximate surface area is 459 Å². The van der Waals surface area contributed by atoms with Crippen molar-refractivity contribution < 1.29 is 29.0 Å². The van der Waals surface area contributed by atoms with Gasteiger partial charge in [0.25, 0.3) is 0 Å². The Morgan fingerprint density at radius 2 is 1.28 bits per heavy atom. The maximum absolute atomic E-state index is 13.6. The van der Waals surface area contributed by atoms with Crippen molar-refractivity contribution in [2.75, 3.05) is 69.6 Å². The summed E-state index contributed by atoms with van der Waals surface area (Å²) >= 11 is 4.54. The third-order valence-electron chi connectivity index (χ3n) is 12.9. The van der Waals surface area contributed by atoms with Crippen LogP contribution >= 0.6 is 57.6 Å². The van der Waals surface area contributed by atoms with E-state index in [-0.39, 0.29) is 41.5 Å². The van der Waals surface area contributed by atoms with E-state index in [2.05, 4.69) is 138 Å². The molecule has 1 fully saturated rings. The number of amides is 2. The summed E-state index contributed by atoms with van der Waals surface area (Å²) in [4.78, 5) is 45.0. The molecule has 1 aliphatic heterocycles. The minimum atomic E-state index is 0. The van der Waals surface area contributed by atoms with Crippen LogP contribution in [0.3, 0.4) is 0 Å². The van der Waals surface area contributed by atoms with E-state index in [1.165, 1.54) is 19.3 Å². The first-order valence-corrected chi connectivity index (χ1v) is 27.5. The number of anilines is 2. The molecule has 1 atom stereocenters. The van der Waals surface area contributed by atoms with E-state index >= 15 is 0 Å². The largest absolute Gasteiger partial charge is 0.490 e. The lowest BCUT2D eigenvalue weighted by Gasteiger charge is -2.34. The average molecular weight is 1220 g/mol. The van der Waals surface area contributed by atoms with Crippen molar-refractivity contribution >= 4 is 97.5 Å². The number of fused-ring (bicyclic) bond motifs is 1. The van der Waals surface area contributed by atoms with Crippen LogP contribution in [0.5, 0.6) is 5.75 Å². The maximum Gasteiger partial charge on any atom is 0.241 e. The lowest BCUT2D eigenvalue weighted by molar-refractivity contribution is -0.122. The van der Waals surface area contributed by atoms with Gasteiger partial charge in [0.15, 0.2) is 5.78 Å². The minimum Gasteiger partial charge on any atom is -0.490 e. The predicted molar refractivity (Wildman–Crippen MR) is 315 cm³/mol. The number of likely N-dealkylation sites (tertiary alicyclic amines) is 1. The molecule has 11 nitrogen and oxygen atoms in total. The molecule has 4 N–H and O–H groups in total. The highest BCUT2D eigenvalue weighted by Crippen LogP contribution is 2.34. The molecule has 0 spiro atoms. The van der Waals surface area contributed by atoms with Gasteiger partial charge in [-0.2, -0.15) is 0 Å². The number of nitrogens with zero attached hydrogens (tertiary/aromatic N) is 3. The predicted octanol–water partition coefficient (Wildman–Crippen LogP) is 13.0. The Balaban J connectivity index is 0.000000379. The number of hydrogen-bond donors (Lipinski definition) is 2. The van der Waals surface area contributed by atoms with E-state index in [4.69, 9.17) is 9.15 Å². The van der Waals surface area contributed by atoms with E-state index in [1.54, 1.807) is 0 Å². The number of unbranched alkanes of at least 4 members (excludes halogenated alkanes) is 2. The lowest BCUT2D eigenvalue weighted by atomic mass is 9.98. The standard InChI is InChI=1S/C25H29I2NO3.C18H28N2O.C14H22N2O.ClH.H2O/c1-4-7-11-22-23(18-10-8-9-12-21(18)31-22)24(29)17-15-19(26)25(20(27)16-17)30-14-13-28(5-2)6-3;1-4-5-12-20-13-7-6-11-16(20)18(21)19-17-14(2)9-8-10-15(17)3;1-5-16(6-2)10-13(17)15-14-11(3)8-7-9-12(14)4;;/h8-10,12,15-16H,4-7,11,13-14H2,1-3H3;8-10,16H,4-7,11-13H2,1-3H3,(H,19,21);7-9H,5-6,10H2,1-4H3,(H,15,17);1H;1H2. The number of carbonyl (C=O) groups is 3. The number of ether oxygens (including phenoxy) is 1. The Bertz CT molecular complexity index is 2360. The molecule has 0 aliphatic carbocycles. The number of furan rings is 1. The Hall–Kier alpha value is -3.58. The van der Waals surface area contributed by atoms with Gasteiger partial charge < -0.3 is 30.2 Å². The highest BCUT2D eigenvalue weighted by Gasteiger charge is 2.29. The quantitative estimate of drug-likeness (QED) is 0.0547. The molecule has 71 heavy (non-hydrogen) atoms. The molecule has 4 aromatic carbocycles. The Kier molecular flexibility index (Phi) is 29.8. The summed E-state index contributed by atoms with van der Waals surface area (Å²) < 4.78 is 14.1. The van der Waals surface area contributed by atoms with Crippen LogP contribution in [0.1, 0.15) is 130 Å². The molecule has 392 valence electrons. The molecule has 0 radical (unpaired) electrons. The van der Waals surface area contributed by atoms with Crippen LogP contribution in [-0.2, 0) is 16.0 Å². The van der Waals surface area contributed by atoms with E-state index in [1.807, 2.05) is 74.5 Å². The van der Waals surface area contributed by atoms with Crippen molar-refractivity contribution in [3.8, 4) is 5.75 Å². The molecule has 0 bridgehead atoms. The molecule has 5 aromatic rings. The number of piperidine rings is 1. The fourth-order valence-corrected chi connectivity index (χ4v) is 10.7. The van der Waals surface area contributed by atoms with Crippen LogP contribution < -0.4 is 15.4 Å². The van der Waals surface area contributed by atoms with Crippen LogP contribution in [0.15, 0.2) is 77.2 Å². The molecule has 1 aromatic heterocycles. The highest BCUT2D eigenvalue weighted by atomic mass is 127. The van der Waals surface area contributed by atoms with Gasteiger partial charge in [0.05, 0.1) is 25.3 Å². The van der Waals surface area contributed by atoms with Gasteiger partial charge in [-0.15, -0.1) is 12.4 Å². The average Bonchev–Trinajstić information content (AvgIpc) is 3.72. The molecule has 1 unspecified atom stereocenters. The number of carbonyl (C=O) groups excluding carboxylic acids is 3. The first-order valence-electron chi connectivity index (χ1n) is 25.3. The first-order chi connectivity index (χ1) is 33.2. The van der Waals surface area contributed by atoms with Crippen LogP contribution in [0.25, 0.3) is 11.0 Å². The van der Waals surface area contributed by atoms with Gasteiger partial charge in [-0.25, -0.2) is 0 Å². The molecule has 2 heterocycles. The maximum atomic E-state index is 13.6.